The number of nitrogens with zero attached hydrogens (tertiary/aromatic N) is 4. The minimum atomic E-state index is -2.79. The van der Waals surface area contributed by atoms with Crippen LogP contribution in [0.15, 0.2) is 0 Å². The summed E-state index contributed by atoms with van der Waals surface area (Å²) in [7, 11) is -2.79. The molecule has 0 N–H and O–H groups in total. The zero-order valence-corrected chi connectivity index (χ0v) is 14.2. The third-order valence-corrected chi connectivity index (χ3v) is 6.80. The van der Waals surface area contributed by atoms with Gasteiger partial charge in [0.2, 0.25) is 5.13 Å². The van der Waals surface area contributed by atoms with Crippen molar-refractivity contribution in [1.29, 1.82) is 0 Å². The SMILES string of the molecule is CC(C)c1nsc(N2CCN(C3CCS(=O)(=O)C3)CC2)n1. The van der Waals surface area contributed by atoms with Gasteiger partial charge in [-0.3, -0.25) is 4.90 Å². The summed E-state index contributed by atoms with van der Waals surface area (Å²) in [4.78, 5) is 9.19. The van der Waals surface area contributed by atoms with E-state index in [1.807, 2.05) is 0 Å². The van der Waals surface area contributed by atoms with E-state index in [0.29, 0.717) is 17.4 Å². The second kappa shape index (κ2) is 5.81. The fourth-order valence-electron chi connectivity index (χ4n) is 2.93. The standard InChI is InChI=1S/C13H22N4O2S2/c1-10(2)12-14-13(20-15-12)17-6-4-16(5-7-17)11-3-8-21(18,19)9-11/h10-11H,3-9H2,1-2H3. The van der Waals surface area contributed by atoms with Crippen LogP contribution in [0.4, 0.5) is 5.13 Å². The molecule has 118 valence electrons. The van der Waals surface area contributed by atoms with Gasteiger partial charge in [-0.15, -0.1) is 0 Å². The van der Waals surface area contributed by atoms with Crippen LogP contribution in [0.3, 0.4) is 0 Å². The van der Waals surface area contributed by atoms with Crippen LogP contribution < -0.4 is 4.90 Å². The fraction of sp³-hybridized carbons (Fsp3) is 0.846. The third-order valence-electron chi connectivity index (χ3n) is 4.26. The Morgan fingerprint density at radius 3 is 2.48 bits per heavy atom. The van der Waals surface area contributed by atoms with Gasteiger partial charge < -0.3 is 4.90 Å². The van der Waals surface area contributed by atoms with E-state index >= 15 is 0 Å². The monoisotopic (exact) mass is 330 g/mol. The van der Waals surface area contributed by atoms with Crippen LogP contribution in [-0.4, -0.2) is 66.4 Å². The molecule has 0 amide bonds. The van der Waals surface area contributed by atoms with Crippen molar-refractivity contribution >= 4 is 26.5 Å². The molecule has 2 saturated heterocycles. The largest absolute Gasteiger partial charge is 0.344 e. The smallest absolute Gasteiger partial charge is 0.205 e. The Morgan fingerprint density at radius 1 is 1.24 bits per heavy atom. The topological polar surface area (TPSA) is 66.4 Å². The van der Waals surface area contributed by atoms with E-state index < -0.39 is 9.84 Å². The molecule has 0 radical (unpaired) electrons. The summed E-state index contributed by atoms with van der Waals surface area (Å²) in [6.45, 7) is 7.84. The van der Waals surface area contributed by atoms with Gasteiger partial charge in [0.1, 0.15) is 5.82 Å². The minimum Gasteiger partial charge on any atom is -0.344 e. The number of anilines is 1. The second-order valence-corrected chi connectivity index (χ2v) is 9.13. The molecule has 0 spiro atoms. The molecule has 2 fully saturated rings. The van der Waals surface area contributed by atoms with Crippen molar-refractivity contribution in [1.82, 2.24) is 14.3 Å². The van der Waals surface area contributed by atoms with E-state index in [-0.39, 0.29) is 6.04 Å². The van der Waals surface area contributed by atoms with Crippen LogP contribution in [0.5, 0.6) is 0 Å². The molecule has 6 nitrogen and oxygen atoms in total. The van der Waals surface area contributed by atoms with E-state index in [1.54, 1.807) is 0 Å². The molecule has 1 aromatic rings. The average Bonchev–Trinajstić information content (AvgIpc) is 3.05. The Labute approximate surface area is 130 Å². The van der Waals surface area contributed by atoms with Gasteiger partial charge >= 0.3 is 0 Å². The second-order valence-electron chi connectivity index (χ2n) is 6.17. The highest BCUT2D eigenvalue weighted by Gasteiger charge is 2.34. The molecule has 8 heteroatoms. The maximum atomic E-state index is 11.6. The van der Waals surface area contributed by atoms with Crippen LogP contribution in [0.25, 0.3) is 0 Å². The first-order valence-corrected chi connectivity index (χ1v) is 10.1. The highest BCUT2D eigenvalue weighted by Crippen LogP contribution is 2.24. The van der Waals surface area contributed by atoms with Crippen molar-refractivity contribution in [2.75, 3.05) is 42.6 Å². The summed E-state index contributed by atoms with van der Waals surface area (Å²) in [5.41, 5.74) is 0. The lowest BCUT2D eigenvalue weighted by Gasteiger charge is -2.37. The lowest BCUT2D eigenvalue weighted by molar-refractivity contribution is 0.200. The molecular weight excluding hydrogens is 308 g/mol. The van der Waals surface area contributed by atoms with E-state index in [4.69, 9.17) is 0 Å². The first-order valence-electron chi connectivity index (χ1n) is 7.47. The molecule has 2 aliphatic rings. The zero-order chi connectivity index (χ0) is 15.0. The Balaban J connectivity index is 1.57. The number of aromatic nitrogens is 2. The molecular formula is C13H22N4O2S2. The van der Waals surface area contributed by atoms with Crippen molar-refractivity contribution in [2.45, 2.75) is 32.2 Å². The first-order chi connectivity index (χ1) is 9.94. The highest BCUT2D eigenvalue weighted by molar-refractivity contribution is 7.91. The summed E-state index contributed by atoms with van der Waals surface area (Å²) < 4.78 is 27.6. The first kappa shape index (κ1) is 15.2. The lowest BCUT2D eigenvalue weighted by Crippen LogP contribution is -2.50. The van der Waals surface area contributed by atoms with Gasteiger partial charge in [0, 0.05) is 49.7 Å². The molecule has 0 saturated carbocycles. The summed E-state index contributed by atoms with van der Waals surface area (Å²) >= 11 is 1.47. The number of hydrogen-bond acceptors (Lipinski definition) is 7. The maximum Gasteiger partial charge on any atom is 0.205 e. The summed E-state index contributed by atoms with van der Waals surface area (Å²) in [5, 5.41) is 0.998. The van der Waals surface area contributed by atoms with Crippen LogP contribution in [-0.2, 0) is 9.84 Å². The fourth-order valence-corrected chi connectivity index (χ4v) is 5.55. The molecule has 21 heavy (non-hydrogen) atoms. The van der Waals surface area contributed by atoms with Gasteiger partial charge in [-0.2, -0.15) is 4.37 Å². The van der Waals surface area contributed by atoms with Crippen LogP contribution in [0, 0.1) is 0 Å². The Morgan fingerprint density at radius 2 is 1.95 bits per heavy atom. The molecule has 3 heterocycles. The van der Waals surface area contributed by atoms with Crippen molar-refractivity contribution in [3.8, 4) is 0 Å². The van der Waals surface area contributed by atoms with Gasteiger partial charge in [0.05, 0.1) is 11.5 Å². The Hall–Kier alpha value is -0.730. The predicted octanol–water partition coefficient (Wildman–Crippen LogP) is 0.971. The summed E-state index contributed by atoms with van der Waals surface area (Å²) in [6.07, 6.45) is 0.790. The van der Waals surface area contributed by atoms with Crippen molar-refractivity contribution in [2.24, 2.45) is 0 Å². The number of rotatable bonds is 3. The molecule has 2 aliphatic heterocycles. The van der Waals surface area contributed by atoms with Gasteiger partial charge in [-0.25, -0.2) is 13.4 Å². The van der Waals surface area contributed by atoms with Crippen LogP contribution >= 0.6 is 11.5 Å². The van der Waals surface area contributed by atoms with Gasteiger partial charge in [-0.05, 0) is 6.42 Å². The van der Waals surface area contributed by atoms with Gasteiger partial charge in [0.25, 0.3) is 0 Å². The molecule has 1 unspecified atom stereocenters. The van der Waals surface area contributed by atoms with Crippen molar-refractivity contribution in [3.05, 3.63) is 5.82 Å². The molecule has 1 aromatic heterocycles. The zero-order valence-electron chi connectivity index (χ0n) is 12.5. The average molecular weight is 330 g/mol. The number of sulfone groups is 1. The number of hydrogen-bond donors (Lipinski definition) is 0. The molecule has 1 atom stereocenters. The highest BCUT2D eigenvalue weighted by atomic mass is 32.2. The normalized spacial score (nSPS) is 26.6. The Bertz CT molecular complexity index is 591. The summed E-state index contributed by atoms with van der Waals surface area (Å²) in [6, 6.07) is 0.220. The van der Waals surface area contributed by atoms with Gasteiger partial charge in [0.15, 0.2) is 9.84 Å². The van der Waals surface area contributed by atoms with Crippen LogP contribution in [0.1, 0.15) is 32.0 Å². The molecule has 0 aromatic carbocycles. The van der Waals surface area contributed by atoms with Crippen molar-refractivity contribution in [3.63, 3.8) is 0 Å². The molecule has 0 bridgehead atoms. The maximum absolute atomic E-state index is 11.6. The number of piperazine rings is 1. The quantitative estimate of drug-likeness (QED) is 0.823. The minimum absolute atomic E-state index is 0.220. The Kier molecular flexibility index (Phi) is 4.20. The van der Waals surface area contributed by atoms with Gasteiger partial charge in [-0.1, -0.05) is 13.8 Å². The third kappa shape index (κ3) is 3.37. The van der Waals surface area contributed by atoms with E-state index in [9.17, 15) is 8.42 Å². The van der Waals surface area contributed by atoms with E-state index in [2.05, 4.69) is 33.0 Å². The molecule has 3 rings (SSSR count). The van der Waals surface area contributed by atoms with Crippen molar-refractivity contribution < 1.29 is 8.42 Å². The molecule has 0 aliphatic carbocycles. The van der Waals surface area contributed by atoms with E-state index in [0.717, 1.165) is 43.6 Å². The summed E-state index contributed by atoms with van der Waals surface area (Å²) in [5.74, 6) is 1.97. The van der Waals surface area contributed by atoms with E-state index in [1.165, 1.54) is 11.5 Å². The lowest BCUT2D eigenvalue weighted by atomic mass is 10.2. The predicted molar refractivity (Wildman–Crippen MR) is 84.8 cm³/mol. The van der Waals surface area contributed by atoms with Crippen LogP contribution in [0.2, 0.25) is 0 Å².